The van der Waals surface area contributed by atoms with Gasteiger partial charge in [0.2, 0.25) is 0 Å². The maximum atomic E-state index is 8.74. The molecule has 2 aromatic rings. The third kappa shape index (κ3) is 1.76. The third-order valence-electron chi connectivity index (χ3n) is 3.06. The lowest BCUT2D eigenvalue weighted by Gasteiger charge is -2.16. The van der Waals surface area contributed by atoms with Crippen molar-refractivity contribution in [3.63, 3.8) is 0 Å². The highest BCUT2D eigenvalue weighted by Crippen LogP contribution is 2.22. The van der Waals surface area contributed by atoms with Crippen molar-refractivity contribution in [3.05, 3.63) is 47.7 Å². The Morgan fingerprint density at radius 2 is 2.00 bits per heavy atom. The standard InChI is InChI=1S/C13H12N4/c14-9-11-1-3-12(4-2-11)10-16-7-8-17-13(16)5-6-15-17/h1-6H,7-8,10H2. The monoisotopic (exact) mass is 224 g/mol. The normalized spacial score (nSPS) is 13.5. The molecule has 0 bridgehead atoms. The van der Waals surface area contributed by atoms with Gasteiger partial charge in [0.15, 0.2) is 0 Å². The number of nitrogens with zero attached hydrogens (tertiary/aromatic N) is 4. The summed E-state index contributed by atoms with van der Waals surface area (Å²) in [5, 5.41) is 13.0. The van der Waals surface area contributed by atoms with Gasteiger partial charge in [-0.05, 0) is 17.7 Å². The van der Waals surface area contributed by atoms with Crippen molar-refractivity contribution in [1.29, 1.82) is 5.26 Å². The molecule has 0 amide bonds. The topological polar surface area (TPSA) is 44.9 Å². The molecule has 4 nitrogen and oxygen atoms in total. The second-order valence-corrected chi connectivity index (χ2v) is 4.14. The van der Waals surface area contributed by atoms with Crippen molar-refractivity contribution in [3.8, 4) is 6.07 Å². The molecule has 1 aromatic heterocycles. The Kier molecular flexibility index (Phi) is 2.30. The van der Waals surface area contributed by atoms with Crippen molar-refractivity contribution in [1.82, 2.24) is 9.78 Å². The van der Waals surface area contributed by atoms with E-state index in [4.69, 9.17) is 5.26 Å². The maximum absolute atomic E-state index is 8.74. The van der Waals surface area contributed by atoms with Crippen molar-refractivity contribution in [2.24, 2.45) is 0 Å². The molecular weight excluding hydrogens is 212 g/mol. The van der Waals surface area contributed by atoms with E-state index in [1.807, 2.05) is 41.2 Å². The molecule has 0 spiro atoms. The van der Waals surface area contributed by atoms with E-state index in [1.165, 1.54) is 11.4 Å². The molecule has 2 heterocycles. The Labute approximate surface area is 99.7 Å². The van der Waals surface area contributed by atoms with Crippen LogP contribution in [-0.2, 0) is 13.1 Å². The molecule has 0 saturated heterocycles. The van der Waals surface area contributed by atoms with Crippen molar-refractivity contribution in [2.75, 3.05) is 11.4 Å². The van der Waals surface area contributed by atoms with Gasteiger partial charge in [-0.3, -0.25) is 0 Å². The van der Waals surface area contributed by atoms with Gasteiger partial charge in [-0.1, -0.05) is 12.1 Å². The zero-order chi connectivity index (χ0) is 11.7. The minimum absolute atomic E-state index is 0.709. The van der Waals surface area contributed by atoms with Gasteiger partial charge in [-0.25, -0.2) is 4.68 Å². The maximum Gasteiger partial charge on any atom is 0.127 e. The van der Waals surface area contributed by atoms with Gasteiger partial charge in [0.05, 0.1) is 24.4 Å². The summed E-state index contributed by atoms with van der Waals surface area (Å²) in [4.78, 5) is 2.30. The van der Waals surface area contributed by atoms with Crippen LogP contribution in [0.1, 0.15) is 11.1 Å². The summed E-state index contributed by atoms with van der Waals surface area (Å²) in [5.74, 6) is 1.18. The fourth-order valence-corrected chi connectivity index (χ4v) is 2.16. The van der Waals surface area contributed by atoms with Crippen LogP contribution in [0.5, 0.6) is 0 Å². The summed E-state index contributed by atoms with van der Waals surface area (Å²) >= 11 is 0. The Bertz CT molecular complexity index is 562. The lowest BCUT2D eigenvalue weighted by atomic mass is 10.1. The molecule has 0 aliphatic carbocycles. The number of fused-ring (bicyclic) bond motifs is 1. The smallest absolute Gasteiger partial charge is 0.127 e. The van der Waals surface area contributed by atoms with E-state index in [9.17, 15) is 0 Å². The highest BCUT2D eigenvalue weighted by molar-refractivity contribution is 5.43. The Hall–Kier alpha value is -2.28. The first-order valence-corrected chi connectivity index (χ1v) is 5.62. The molecule has 0 radical (unpaired) electrons. The highest BCUT2D eigenvalue weighted by Gasteiger charge is 2.18. The van der Waals surface area contributed by atoms with Crippen LogP contribution >= 0.6 is 0 Å². The minimum atomic E-state index is 0.709. The highest BCUT2D eigenvalue weighted by atomic mass is 15.4. The van der Waals surface area contributed by atoms with E-state index in [0.717, 1.165) is 19.6 Å². The molecule has 1 aliphatic heterocycles. The number of anilines is 1. The van der Waals surface area contributed by atoms with Gasteiger partial charge in [0, 0.05) is 19.2 Å². The molecule has 0 fully saturated rings. The fourth-order valence-electron chi connectivity index (χ4n) is 2.16. The average molecular weight is 224 g/mol. The molecule has 0 saturated carbocycles. The van der Waals surface area contributed by atoms with Gasteiger partial charge >= 0.3 is 0 Å². The molecule has 0 atom stereocenters. The molecule has 3 rings (SSSR count). The molecule has 84 valence electrons. The quantitative estimate of drug-likeness (QED) is 0.781. The summed E-state index contributed by atoms with van der Waals surface area (Å²) in [6.07, 6.45) is 1.83. The van der Waals surface area contributed by atoms with Gasteiger partial charge < -0.3 is 4.90 Å². The van der Waals surface area contributed by atoms with E-state index in [-0.39, 0.29) is 0 Å². The molecular formula is C13H12N4. The first kappa shape index (κ1) is 9.91. The van der Waals surface area contributed by atoms with Gasteiger partial charge in [-0.15, -0.1) is 0 Å². The summed E-state index contributed by atoms with van der Waals surface area (Å²) in [6, 6.07) is 11.9. The molecule has 1 aromatic carbocycles. The summed E-state index contributed by atoms with van der Waals surface area (Å²) in [7, 11) is 0. The largest absolute Gasteiger partial charge is 0.351 e. The van der Waals surface area contributed by atoms with E-state index in [1.54, 1.807) is 0 Å². The number of rotatable bonds is 2. The number of hydrogen-bond acceptors (Lipinski definition) is 3. The zero-order valence-electron chi connectivity index (χ0n) is 9.37. The van der Waals surface area contributed by atoms with Crippen molar-refractivity contribution in [2.45, 2.75) is 13.1 Å². The predicted octanol–water partition coefficient (Wildman–Crippen LogP) is 1.77. The number of aromatic nitrogens is 2. The zero-order valence-corrected chi connectivity index (χ0v) is 9.37. The van der Waals surface area contributed by atoms with Crippen LogP contribution in [0.3, 0.4) is 0 Å². The van der Waals surface area contributed by atoms with Gasteiger partial charge in [0.25, 0.3) is 0 Å². The molecule has 0 unspecified atom stereocenters. The van der Waals surface area contributed by atoms with Crippen LogP contribution in [0.4, 0.5) is 5.82 Å². The van der Waals surface area contributed by atoms with Gasteiger partial charge in [-0.2, -0.15) is 10.4 Å². The third-order valence-corrected chi connectivity index (χ3v) is 3.06. The van der Waals surface area contributed by atoms with Crippen LogP contribution in [0.15, 0.2) is 36.5 Å². The predicted molar refractivity (Wildman–Crippen MR) is 64.4 cm³/mol. The van der Waals surface area contributed by atoms with E-state index in [2.05, 4.69) is 16.1 Å². The Morgan fingerprint density at radius 1 is 1.18 bits per heavy atom. The molecule has 17 heavy (non-hydrogen) atoms. The fraction of sp³-hybridized carbons (Fsp3) is 0.231. The second-order valence-electron chi connectivity index (χ2n) is 4.14. The van der Waals surface area contributed by atoms with E-state index in [0.29, 0.717) is 5.56 Å². The molecule has 1 aliphatic rings. The Balaban J connectivity index is 1.78. The summed E-state index contributed by atoms with van der Waals surface area (Å²) in [5.41, 5.74) is 1.93. The Morgan fingerprint density at radius 3 is 2.76 bits per heavy atom. The second kappa shape index (κ2) is 3.95. The van der Waals surface area contributed by atoms with E-state index < -0.39 is 0 Å². The van der Waals surface area contributed by atoms with Crippen LogP contribution in [-0.4, -0.2) is 16.3 Å². The van der Waals surface area contributed by atoms with Crippen LogP contribution in [0, 0.1) is 11.3 Å². The number of benzene rings is 1. The molecule has 4 heteroatoms. The van der Waals surface area contributed by atoms with E-state index >= 15 is 0 Å². The number of nitriles is 1. The molecule has 0 N–H and O–H groups in total. The van der Waals surface area contributed by atoms with Crippen LogP contribution in [0.2, 0.25) is 0 Å². The SMILES string of the molecule is N#Cc1ccc(CN2CCn3nccc32)cc1. The van der Waals surface area contributed by atoms with Crippen LogP contribution < -0.4 is 4.90 Å². The first-order valence-electron chi connectivity index (χ1n) is 5.62. The van der Waals surface area contributed by atoms with Crippen molar-refractivity contribution >= 4 is 5.82 Å². The summed E-state index contributed by atoms with van der Waals surface area (Å²) in [6.45, 7) is 2.83. The average Bonchev–Trinajstić information content (AvgIpc) is 2.95. The van der Waals surface area contributed by atoms with Crippen molar-refractivity contribution < 1.29 is 0 Å². The van der Waals surface area contributed by atoms with Gasteiger partial charge in [0.1, 0.15) is 5.82 Å². The lowest BCUT2D eigenvalue weighted by molar-refractivity contribution is 0.686. The summed E-state index contributed by atoms with van der Waals surface area (Å²) < 4.78 is 2.02. The minimum Gasteiger partial charge on any atom is -0.351 e. The van der Waals surface area contributed by atoms with Crippen LogP contribution in [0.25, 0.3) is 0 Å². The lowest BCUT2D eigenvalue weighted by Crippen LogP contribution is -2.19. The first-order chi connectivity index (χ1) is 8.36. The number of hydrogen-bond donors (Lipinski definition) is 0.